The summed E-state index contributed by atoms with van der Waals surface area (Å²) in [6.45, 7) is 0. The van der Waals surface area contributed by atoms with Gasteiger partial charge in [-0.3, -0.25) is 10.1 Å². The summed E-state index contributed by atoms with van der Waals surface area (Å²) in [5, 5.41) is 15.7. The summed E-state index contributed by atoms with van der Waals surface area (Å²) >= 11 is 7.20. The van der Waals surface area contributed by atoms with Gasteiger partial charge in [-0.1, -0.05) is 65.4 Å². The molecule has 0 saturated carbocycles. The molecule has 28 heavy (non-hydrogen) atoms. The van der Waals surface area contributed by atoms with Crippen molar-refractivity contribution >= 4 is 55.7 Å². The lowest BCUT2D eigenvalue weighted by molar-refractivity contribution is 0.0998. The third-order valence-corrected chi connectivity index (χ3v) is 5.53. The monoisotopic (exact) mass is 405 g/mol. The second-order valence-electron chi connectivity index (χ2n) is 6.18. The highest BCUT2D eigenvalue weighted by atomic mass is 35.5. The summed E-state index contributed by atoms with van der Waals surface area (Å²) in [6, 6.07) is 20.9. The Hall–Kier alpha value is -3.22. The van der Waals surface area contributed by atoms with Crippen LogP contribution in [-0.2, 0) is 0 Å². The Balaban J connectivity index is 1.43. The fourth-order valence-electron chi connectivity index (χ4n) is 3.05. The predicted molar refractivity (Wildman–Crippen MR) is 112 cm³/mol. The number of carbonyl (C=O) groups is 1. The highest BCUT2D eigenvalue weighted by molar-refractivity contribution is 7.18. The van der Waals surface area contributed by atoms with Gasteiger partial charge >= 0.3 is 0 Å². The Morgan fingerprint density at radius 3 is 2.64 bits per heavy atom. The van der Waals surface area contributed by atoms with E-state index in [1.54, 1.807) is 18.2 Å². The van der Waals surface area contributed by atoms with Crippen molar-refractivity contribution in [1.29, 1.82) is 0 Å². The maximum Gasteiger partial charge on any atom is 0.293 e. The van der Waals surface area contributed by atoms with E-state index >= 15 is 0 Å². The summed E-state index contributed by atoms with van der Waals surface area (Å²) in [7, 11) is 0. The zero-order valence-corrected chi connectivity index (χ0v) is 15.9. The lowest BCUT2D eigenvalue weighted by Gasteiger charge is -1.96. The number of nitrogens with zero attached hydrogens (tertiary/aromatic N) is 2. The minimum atomic E-state index is -0.362. The molecule has 2 heterocycles. The first-order valence-corrected chi connectivity index (χ1v) is 9.69. The third-order valence-electron chi connectivity index (χ3n) is 4.39. The molecule has 1 amide bonds. The van der Waals surface area contributed by atoms with Gasteiger partial charge < -0.3 is 4.42 Å². The molecule has 0 fully saturated rings. The smallest absolute Gasteiger partial charge is 0.293 e. The van der Waals surface area contributed by atoms with Crippen molar-refractivity contribution in [3.63, 3.8) is 0 Å². The standard InChI is InChI=1S/C21H12ClN3O2S/c22-14-8-5-13(6-9-14)20-24-25-21(28-20)23-19(26)18-11-16-15-4-2-1-3-12(15)7-10-17(16)27-18/h1-11H,(H,23,25,26). The van der Waals surface area contributed by atoms with Gasteiger partial charge in [0.15, 0.2) is 5.76 Å². The normalized spacial score (nSPS) is 11.2. The second-order valence-corrected chi connectivity index (χ2v) is 7.60. The number of hydrogen-bond donors (Lipinski definition) is 1. The Kier molecular flexibility index (Phi) is 4.07. The van der Waals surface area contributed by atoms with E-state index in [2.05, 4.69) is 15.5 Å². The number of furan rings is 1. The highest BCUT2D eigenvalue weighted by Crippen LogP contribution is 2.30. The molecule has 0 bridgehead atoms. The molecule has 5 rings (SSSR count). The van der Waals surface area contributed by atoms with Gasteiger partial charge in [-0.05, 0) is 35.0 Å². The van der Waals surface area contributed by atoms with Gasteiger partial charge in [-0.25, -0.2) is 0 Å². The Labute approximate surface area is 168 Å². The summed E-state index contributed by atoms with van der Waals surface area (Å²) in [6.07, 6.45) is 0. The Bertz CT molecular complexity index is 1320. The largest absolute Gasteiger partial charge is 0.451 e. The van der Waals surface area contributed by atoms with Crippen molar-refractivity contribution in [1.82, 2.24) is 10.2 Å². The van der Waals surface area contributed by atoms with E-state index in [1.165, 1.54) is 11.3 Å². The molecule has 5 nitrogen and oxygen atoms in total. The molecule has 7 heteroatoms. The van der Waals surface area contributed by atoms with Crippen LogP contribution in [-0.4, -0.2) is 16.1 Å². The average Bonchev–Trinajstić information content (AvgIpc) is 3.36. The molecule has 0 aliphatic carbocycles. The predicted octanol–water partition coefficient (Wildman–Crippen LogP) is 6.01. The molecular formula is C21H12ClN3O2S. The molecule has 136 valence electrons. The average molecular weight is 406 g/mol. The van der Waals surface area contributed by atoms with Crippen molar-refractivity contribution in [2.45, 2.75) is 0 Å². The molecule has 2 aromatic heterocycles. The molecule has 1 N–H and O–H groups in total. The SMILES string of the molecule is O=C(Nc1nnc(-c2ccc(Cl)cc2)s1)c1cc2c(ccc3ccccc32)o1. The zero-order chi connectivity index (χ0) is 19.1. The first-order chi connectivity index (χ1) is 13.7. The fourth-order valence-corrected chi connectivity index (χ4v) is 3.92. The minimum Gasteiger partial charge on any atom is -0.451 e. The first-order valence-electron chi connectivity index (χ1n) is 8.49. The summed E-state index contributed by atoms with van der Waals surface area (Å²) in [5.41, 5.74) is 1.56. The Morgan fingerprint density at radius 1 is 0.964 bits per heavy atom. The van der Waals surface area contributed by atoms with Crippen LogP contribution in [0.2, 0.25) is 5.02 Å². The van der Waals surface area contributed by atoms with Crippen LogP contribution in [0.25, 0.3) is 32.3 Å². The van der Waals surface area contributed by atoms with E-state index in [0.717, 1.165) is 21.7 Å². The summed E-state index contributed by atoms with van der Waals surface area (Å²) in [5.74, 6) is -0.131. The molecule has 0 radical (unpaired) electrons. The number of hydrogen-bond acceptors (Lipinski definition) is 5. The van der Waals surface area contributed by atoms with Crippen LogP contribution in [0.3, 0.4) is 0 Å². The quantitative estimate of drug-likeness (QED) is 0.399. The van der Waals surface area contributed by atoms with E-state index in [0.29, 0.717) is 20.7 Å². The van der Waals surface area contributed by atoms with E-state index in [4.69, 9.17) is 16.0 Å². The molecule has 5 aromatic rings. The van der Waals surface area contributed by atoms with Gasteiger partial charge in [0, 0.05) is 16.0 Å². The van der Waals surface area contributed by atoms with E-state index < -0.39 is 0 Å². The number of benzene rings is 3. The third kappa shape index (κ3) is 3.02. The van der Waals surface area contributed by atoms with Crippen LogP contribution in [0.4, 0.5) is 5.13 Å². The van der Waals surface area contributed by atoms with Crippen LogP contribution < -0.4 is 5.32 Å². The van der Waals surface area contributed by atoms with Crippen LogP contribution in [0, 0.1) is 0 Å². The molecule has 0 atom stereocenters. The molecule has 0 unspecified atom stereocenters. The number of rotatable bonds is 3. The van der Waals surface area contributed by atoms with Crippen molar-refractivity contribution in [2.75, 3.05) is 5.32 Å². The van der Waals surface area contributed by atoms with Gasteiger partial charge in [0.05, 0.1) is 0 Å². The highest BCUT2D eigenvalue weighted by Gasteiger charge is 2.16. The molecule has 3 aromatic carbocycles. The Morgan fingerprint density at radius 2 is 1.79 bits per heavy atom. The van der Waals surface area contributed by atoms with Gasteiger partial charge in [0.25, 0.3) is 5.91 Å². The topological polar surface area (TPSA) is 68.0 Å². The van der Waals surface area contributed by atoms with Crippen molar-refractivity contribution in [2.24, 2.45) is 0 Å². The number of carbonyl (C=O) groups excluding carboxylic acids is 1. The molecule has 0 aliphatic heterocycles. The zero-order valence-electron chi connectivity index (χ0n) is 14.3. The first kappa shape index (κ1) is 16.9. The number of anilines is 1. The second kappa shape index (κ2) is 6.74. The van der Waals surface area contributed by atoms with Crippen LogP contribution in [0.15, 0.2) is 71.1 Å². The van der Waals surface area contributed by atoms with E-state index in [-0.39, 0.29) is 11.7 Å². The molecule has 0 aliphatic rings. The molecule has 0 spiro atoms. The minimum absolute atomic E-state index is 0.231. The van der Waals surface area contributed by atoms with Crippen molar-refractivity contribution < 1.29 is 9.21 Å². The van der Waals surface area contributed by atoms with Crippen LogP contribution in [0.5, 0.6) is 0 Å². The van der Waals surface area contributed by atoms with Crippen LogP contribution in [0.1, 0.15) is 10.6 Å². The lowest BCUT2D eigenvalue weighted by Crippen LogP contribution is -2.10. The lowest BCUT2D eigenvalue weighted by atomic mass is 10.1. The number of fused-ring (bicyclic) bond motifs is 3. The summed E-state index contributed by atoms with van der Waals surface area (Å²) < 4.78 is 5.74. The van der Waals surface area contributed by atoms with Gasteiger partial charge in [-0.15, -0.1) is 10.2 Å². The molecular weight excluding hydrogens is 394 g/mol. The van der Waals surface area contributed by atoms with Crippen LogP contribution >= 0.6 is 22.9 Å². The number of nitrogens with one attached hydrogen (secondary N) is 1. The van der Waals surface area contributed by atoms with Crippen molar-refractivity contribution in [3.05, 3.63) is 77.5 Å². The number of amides is 1. The maximum atomic E-state index is 12.6. The van der Waals surface area contributed by atoms with Gasteiger partial charge in [0.2, 0.25) is 5.13 Å². The summed E-state index contributed by atoms with van der Waals surface area (Å²) in [4.78, 5) is 12.6. The van der Waals surface area contributed by atoms with Gasteiger partial charge in [0.1, 0.15) is 10.6 Å². The maximum absolute atomic E-state index is 12.6. The number of halogens is 1. The molecule has 0 saturated heterocycles. The van der Waals surface area contributed by atoms with Gasteiger partial charge in [-0.2, -0.15) is 0 Å². The fraction of sp³-hybridized carbons (Fsp3) is 0. The number of aromatic nitrogens is 2. The van der Waals surface area contributed by atoms with E-state index in [9.17, 15) is 4.79 Å². The van der Waals surface area contributed by atoms with Crippen molar-refractivity contribution in [3.8, 4) is 10.6 Å². The van der Waals surface area contributed by atoms with E-state index in [1.807, 2.05) is 48.5 Å².